The second kappa shape index (κ2) is 9.40. The highest BCUT2D eigenvalue weighted by molar-refractivity contribution is 6.31. The summed E-state index contributed by atoms with van der Waals surface area (Å²) in [5.74, 6) is -0.00196. The number of benzene rings is 1. The first-order chi connectivity index (χ1) is 17.8. The number of ether oxygens (including phenoxy) is 1. The van der Waals surface area contributed by atoms with Crippen LogP contribution in [-0.2, 0) is 25.4 Å². The number of amides is 1. The number of pyridine rings is 1. The van der Waals surface area contributed by atoms with E-state index in [9.17, 15) is 14.9 Å². The van der Waals surface area contributed by atoms with E-state index in [0.29, 0.717) is 22.0 Å². The van der Waals surface area contributed by atoms with E-state index in [1.165, 1.54) is 11.6 Å². The van der Waals surface area contributed by atoms with E-state index < -0.39 is 11.7 Å². The third-order valence-electron chi connectivity index (χ3n) is 5.96. The van der Waals surface area contributed by atoms with Crippen molar-refractivity contribution >= 4 is 45.6 Å². The molecule has 4 heterocycles. The van der Waals surface area contributed by atoms with Crippen molar-refractivity contribution in [3.8, 4) is 17.5 Å². The molecule has 5 aromatic rings. The number of rotatable bonds is 5. The standard InChI is InChI=1S/C25H21ClN8O3/c1-4-37-25(36)30-24-29-22-20(23(35)33(24)3)21(19-9-14(11-27)12-32(19)2)34(31-22)13-15-7-8-28-18-6-5-16(26)10-17(15)18/h5-10,12H,4,13H2,1-3H3,(H,29,30,31,36). The summed E-state index contributed by atoms with van der Waals surface area (Å²) in [5, 5.41) is 18.3. The molecule has 37 heavy (non-hydrogen) atoms. The number of hydrogen-bond donors (Lipinski definition) is 1. The highest BCUT2D eigenvalue weighted by atomic mass is 35.5. The topological polar surface area (TPSA) is 133 Å². The van der Waals surface area contributed by atoms with Crippen molar-refractivity contribution in [3.05, 3.63) is 69.2 Å². The number of aryl methyl sites for hydroxylation is 1. The van der Waals surface area contributed by atoms with Gasteiger partial charge in [0.25, 0.3) is 5.56 Å². The summed E-state index contributed by atoms with van der Waals surface area (Å²) in [4.78, 5) is 34.4. The molecule has 0 radical (unpaired) electrons. The van der Waals surface area contributed by atoms with E-state index in [1.807, 2.05) is 18.2 Å². The Kier molecular flexibility index (Phi) is 6.11. The minimum Gasteiger partial charge on any atom is -0.450 e. The van der Waals surface area contributed by atoms with Gasteiger partial charge in [0.05, 0.1) is 29.9 Å². The van der Waals surface area contributed by atoms with E-state index in [2.05, 4.69) is 26.5 Å². The summed E-state index contributed by atoms with van der Waals surface area (Å²) in [6, 6.07) is 11.1. The van der Waals surface area contributed by atoms with Gasteiger partial charge in [-0.1, -0.05) is 11.6 Å². The summed E-state index contributed by atoms with van der Waals surface area (Å²) < 4.78 is 9.58. The minimum atomic E-state index is -0.731. The summed E-state index contributed by atoms with van der Waals surface area (Å²) in [7, 11) is 3.29. The average molecular weight is 517 g/mol. The lowest BCUT2D eigenvalue weighted by atomic mass is 10.1. The van der Waals surface area contributed by atoms with Crippen LogP contribution in [0.5, 0.6) is 0 Å². The van der Waals surface area contributed by atoms with Gasteiger partial charge < -0.3 is 9.30 Å². The van der Waals surface area contributed by atoms with Gasteiger partial charge in [-0.2, -0.15) is 15.3 Å². The number of halogens is 1. The molecule has 12 heteroatoms. The molecule has 4 aromatic heterocycles. The molecule has 0 spiro atoms. The summed E-state index contributed by atoms with van der Waals surface area (Å²) in [5.41, 5.74) is 2.90. The van der Waals surface area contributed by atoms with Gasteiger partial charge in [0, 0.05) is 36.9 Å². The van der Waals surface area contributed by atoms with Gasteiger partial charge in [-0.3, -0.25) is 24.3 Å². The Morgan fingerprint density at radius 2 is 2.05 bits per heavy atom. The molecule has 0 bridgehead atoms. The SMILES string of the molecule is CCOC(=O)Nc1nc2nn(Cc3ccnc4ccc(Cl)cc34)c(-c3cc(C#N)cn3C)c2c(=O)n1C. The molecule has 0 aliphatic heterocycles. The van der Waals surface area contributed by atoms with Gasteiger partial charge in [-0.25, -0.2) is 4.79 Å². The van der Waals surface area contributed by atoms with Crippen LogP contribution in [0.15, 0.2) is 47.5 Å². The Balaban J connectivity index is 1.76. The molecule has 1 N–H and O–H groups in total. The molecule has 5 rings (SSSR count). The van der Waals surface area contributed by atoms with Crippen molar-refractivity contribution in [2.45, 2.75) is 13.5 Å². The van der Waals surface area contributed by atoms with E-state index in [0.717, 1.165) is 16.5 Å². The number of hydrogen-bond acceptors (Lipinski definition) is 7. The van der Waals surface area contributed by atoms with Gasteiger partial charge in [0.2, 0.25) is 5.95 Å². The maximum atomic E-state index is 13.6. The van der Waals surface area contributed by atoms with Gasteiger partial charge in [0.1, 0.15) is 17.1 Å². The predicted octanol–water partition coefficient (Wildman–Crippen LogP) is 3.83. The highest BCUT2D eigenvalue weighted by Gasteiger charge is 2.24. The van der Waals surface area contributed by atoms with Crippen LogP contribution in [-0.4, -0.2) is 41.6 Å². The number of nitriles is 1. The number of carbonyl (C=O) groups excluding carboxylic acids is 1. The average Bonchev–Trinajstić information content (AvgIpc) is 3.42. The molecule has 186 valence electrons. The zero-order chi connectivity index (χ0) is 26.3. The van der Waals surface area contributed by atoms with Crippen LogP contribution in [0.2, 0.25) is 5.02 Å². The Bertz CT molecular complexity index is 1790. The van der Waals surface area contributed by atoms with E-state index in [1.54, 1.807) is 47.7 Å². The molecule has 0 fully saturated rings. The van der Waals surface area contributed by atoms with Gasteiger partial charge in [0.15, 0.2) is 5.65 Å². The quantitative estimate of drug-likeness (QED) is 0.375. The van der Waals surface area contributed by atoms with Gasteiger partial charge in [-0.15, -0.1) is 0 Å². The summed E-state index contributed by atoms with van der Waals surface area (Å²) in [6.45, 7) is 2.11. The molecule has 1 amide bonds. The molecule has 1 aromatic carbocycles. The molecule has 0 saturated carbocycles. The number of carbonyl (C=O) groups is 1. The number of nitrogens with one attached hydrogen (secondary N) is 1. The summed E-state index contributed by atoms with van der Waals surface area (Å²) in [6.07, 6.45) is 2.64. The van der Waals surface area contributed by atoms with Crippen LogP contribution in [0, 0.1) is 11.3 Å². The van der Waals surface area contributed by atoms with Crippen molar-refractivity contribution in [1.82, 2.24) is 28.9 Å². The first-order valence-electron chi connectivity index (χ1n) is 11.3. The molecule has 0 atom stereocenters. The first kappa shape index (κ1) is 24.0. The fraction of sp³-hybridized carbons (Fsp3) is 0.200. The van der Waals surface area contributed by atoms with Crippen molar-refractivity contribution < 1.29 is 9.53 Å². The Morgan fingerprint density at radius 1 is 1.24 bits per heavy atom. The van der Waals surface area contributed by atoms with E-state index in [4.69, 9.17) is 16.3 Å². The third-order valence-corrected chi connectivity index (χ3v) is 6.20. The van der Waals surface area contributed by atoms with Crippen LogP contribution >= 0.6 is 11.6 Å². The lowest BCUT2D eigenvalue weighted by Crippen LogP contribution is -2.25. The third kappa shape index (κ3) is 4.28. The summed E-state index contributed by atoms with van der Waals surface area (Å²) >= 11 is 6.26. The smallest absolute Gasteiger partial charge is 0.413 e. The zero-order valence-corrected chi connectivity index (χ0v) is 20.9. The van der Waals surface area contributed by atoms with Gasteiger partial charge in [-0.05, 0) is 42.8 Å². The van der Waals surface area contributed by atoms with E-state index in [-0.39, 0.29) is 30.1 Å². The van der Waals surface area contributed by atoms with Crippen LogP contribution in [0.1, 0.15) is 18.1 Å². The maximum absolute atomic E-state index is 13.6. The molecule has 0 saturated heterocycles. The minimum absolute atomic E-state index is 0.00196. The van der Waals surface area contributed by atoms with Crippen molar-refractivity contribution in [3.63, 3.8) is 0 Å². The number of aromatic nitrogens is 6. The highest BCUT2D eigenvalue weighted by Crippen LogP contribution is 2.30. The van der Waals surface area contributed by atoms with Crippen molar-refractivity contribution in [2.75, 3.05) is 11.9 Å². The monoisotopic (exact) mass is 516 g/mol. The second-order valence-corrected chi connectivity index (χ2v) is 8.75. The lowest BCUT2D eigenvalue weighted by molar-refractivity contribution is 0.167. The van der Waals surface area contributed by atoms with Gasteiger partial charge >= 0.3 is 6.09 Å². The molecule has 11 nitrogen and oxygen atoms in total. The fourth-order valence-electron chi connectivity index (χ4n) is 4.24. The fourth-order valence-corrected chi connectivity index (χ4v) is 4.42. The lowest BCUT2D eigenvalue weighted by Gasteiger charge is -2.11. The molecule has 0 unspecified atom stereocenters. The van der Waals surface area contributed by atoms with Crippen LogP contribution in [0.4, 0.5) is 10.7 Å². The largest absolute Gasteiger partial charge is 0.450 e. The molecule has 0 aliphatic rings. The van der Waals surface area contributed by atoms with Crippen molar-refractivity contribution in [2.24, 2.45) is 14.1 Å². The van der Waals surface area contributed by atoms with E-state index >= 15 is 0 Å². The molecule has 0 aliphatic carbocycles. The second-order valence-electron chi connectivity index (χ2n) is 8.32. The molecular weight excluding hydrogens is 496 g/mol. The Morgan fingerprint density at radius 3 is 2.78 bits per heavy atom. The number of fused-ring (bicyclic) bond motifs is 2. The Hall–Kier alpha value is -4.69. The predicted molar refractivity (Wildman–Crippen MR) is 138 cm³/mol. The van der Waals surface area contributed by atoms with Crippen molar-refractivity contribution in [1.29, 1.82) is 5.26 Å². The number of nitrogens with zero attached hydrogens (tertiary/aromatic N) is 7. The zero-order valence-electron chi connectivity index (χ0n) is 20.2. The molecular formula is C25H21ClN8O3. The Labute approximate surface area is 215 Å². The van der Waals surface area contributed by atoms with Crippen LogP contribution < -0.4 is 10.9 Å². The maximum Gasteiger partial charge on any atom is 0.413 e. The van der Waals surface area contributed by atoms with Crippen LogP contribution in [0.3, 0.4) is 0 Å². The number of anilines is 1. The van der Waals surface area contributed by atoms with Crippen LogP contribution in [0.25, 0.3) is 33.3 Å². The first-order valence-corrected chi connectivity index (χ1v) is 11.7. The normalized spacial score (nSPS) is 11.1.